The number of amides is 1. The number of hydrogen-bond donors (Lipinski definition) is 3. The third-order valence-electron chi connectivity index (χ3n) is 14.1. The van der Waals surface area contributed by atoms with Gasteiger partial charge in [-0.2, -0.15) is 0 Å². The lowest BCUT2D eigenvalue weighted by Crippen LogP contribution is -2.45. The van der Waals surface area contributed by atoms with Gasteiger partial charge in [-0.1, -0.05) is 288 Å². The first-order chi connectivity index (χ1) is 34.5. The Morgan fingerprint density at radius 1 is 0.465 bits per heavy atom. The Hall–Kier alpha value is -1.28. The second-order valence-electron chi connectivity index (χ2n) is 22.4. The summed E-state index contributed by atoms with van der Waals surface area (Å²) in [6.45, 7) is 4.82. The van der Waals surface area contributed by atoms with E-state index in [-0.39, 0.29) is 19.1 Å². The molecule has 8 nitrogen and oxygen atoms in total. The van der Waals surface area contributed by atoms with Crippen molar-refractivity contribution in [1.82, 2.24) is 5.32 Å². The van der Waals surface area contributed by atoms with Gasteiger partial charge in [0.05, 0.1) is 39.9 Å². The van der Waals surface area contributed by atoms with Crippen LogP contribution in [0.1, 0.15) is 303 Å². The van der Waals surface area contributed by atoms with Crippen molar-refractivity contribution < 1.29 is 32.9 Å². The Morgan fingerprint density at radius 2 is 0.775 bits per heavy atom. The average molecular weight is 1020 g/mol. The molecule has 0 saturated carbocycles. The number of nitrogens with zero attached hydrogens (tertiary/aromatic N) is 1. The molecule has 0 aliphatic carbocycles. The van der Waals surface area contributed by atoms with Crippen LogP contribution in [0.3, 0.4) is 0 Å². The lowest BCUT2D eigenvalue weighted by atomic mass is 10.0. The zero-order valence-corrected chi connectivity index (χ0v) is 48.9. The van der Waals surface area contributed by atoms with E-state index in [4.69, 9.17) is 9.05 Å². The molecule has 0 heterocycles. The van der Waals surface area contributed by atoms with Crippen LogP contribution in [0.2, 0.25) is 0 Å². The maximum atomic E-state index is 13.0. The predicted molar refractivity (Wildman–Crippen MR) is 309 cm³/mol. The molecule has 0 fully saturated rings. The summed E-state index contributed by atoms with van der Waals surface area (Å²) in [7, 11) is 1.56. The predicted octanol–water partition coefficient (Wildman–Crippen LogP) is 18.9. The van der Waals surface area contributed by atoms with Crippen LogP contribution in [-0.4, -0.2) is 73.4 Å². The molecular weight excluding hydrogens is 900 g/mol. The van der Waals surface area contributed by atoms with Crippen molar-refractivity contribution in [2.24, 2.45) is 0 Å². The molecule has 420 valence electrons. The summed E-state index contributed by atoms with van der Waals surface area (Å²) in [5, 5.41) is 13.9. The number of nitrogens with one attached hydrogen (secondary N) is 1. The van der Waals surface area contributed by atoms with Gasteiger partial charge in [0.2, 0.25) is 5.91 Å². The molecule has 3 unspecified atom stereocenters. The average Bonchev–Trinajstić information content (AvgIpc) is 3.33. The van der Waals surface area contributed by atoms with Crippen molar-refractivity contribution in [2.45, 2.75) is 315 Å². The molecule has 0 aromatic carbocycles. The number of aliphatic hydroxyl groups excluding tert-OH is 1. The number of likely N-dealkylation sites (N-methyl/N-ethyl adjacent to an activating group) is 1. The number of phosphoric acid groups is 1. The molecule has 0 rings (SSSR count). The third-order valence-corrected chi connectivity index (χ3v) is 15.1. The van der Waals surface area contributed by atoms with Crippen LogP contribution in [-0.2, 0) is 18.4 Å². The van der Waals surface area contributed by atoms with E-state index in [2.05, 4.69) is 43.5 Å². The van der Waals surface area contributed by atoms with E-state index < -0.39 is 20.0 Å². The molecule has 0 spiro atoms. The molecule has 0 aromatic rings. The van der Waals surface area contributed by atoms with E-state index in [1.54, 1.807) is 6.08 Å². The topological polar surface area (TPSA) is 105 Å². The second-order valence-corrected chi connectivity index (χ2v) is 23.9. The van der Waals surface area contributed by atoms with E-state index >= 15 is 0 Å². The molecule has 1 amide bonds. The molecule has 71 heavy (non-hydrogen) atoms. The maximum absolute atomic E-state index is 13.0. The van der Waals surface area contributed by atoms with Crippen molar-refractivity contribution in [3.8, 4) is 0 Å². The van der Waals surface area contributed by atoms with Gasteiger partial charge < -0.3 is 19.8 Å². The van der Waals surface area contributed by atoms with Gasteiger partial charge in [0.25, 0.3) is 0 Å². The summed E-state index contributed by atoms with van der Waals surface area (Å²) in [6.07, 6.45) is 69.9. The molecule has 3 N–H and O–H groups in total. The Morgan fingerprint density at radius 3 is 1.13 bits per heavy atom. The Balaban J connectivity index is 4.06. The molecule has 9 heteroatoms. The number of aliphatic hydroxyl groups is 1. The highest BCUT2D eigenvalue weighted by atomic mass is 31.2. The van der Waals surface area contributed by atoms with Crippen LogP contribution in [0, 0.1) is 0 Å². The number of quaternary nitrogens is 1. The first kappa shape index (κ1) is 69.7. The monoisotopic (exact) mass is 1020 g/mol. The molecule has 3 atom stereocenters. The van der Waals surface area contributed by atoms with Crippen LogP contribution in [0.15, 0.2) is 36.5 Å². The lowest BCUT2D eigenvalue weighted by Gasteiger charge is -2.25. The van der Waals surface area contributed by atoms with Crippen molar-refractivity contribution in [2.75, 3.05) is 40.9 Å². The van der Waals surface area contributed by atoms with E-state index in [1.807, 2.05) is 27.2 Å². The van der Waals surface area contributed by atoms with Crippen molar-refractivity contribution in [3.05, 3.63) is 36.5 Å². The summed E-state index contributed by atoms with van der Waals surface area (Å²) >= 11 is 0. The highest BCUT2D eigenvalue weighted by Crippen LogP contribution is 2.43. The van der Waals surface area contributed by atoms with E-state index in [0.717, 1.165) is 44.9 Å². The minimum Gasteiger partial charge on any atom is -0.387 e. The number of carbonyl (C=O) groups is 1. The van der Waals surface area contributed by atoms with Gasteiger partial charge >= 0.3 is 7.82 Å². The van der Waals surface area contributed by atoms with E-state index in [1.165, 1.54) is 238 Å². The van der Waals surface area contributed by atoms with Gasteiger partial charge in [0.1, 0.15) is 13.2 Å². The fourth-order valence-corrected chi connectivity index (χ4v) is 9.99. The molecule has 0 aromatic heterocycles. The van der Waals surface area contributed by atoms with Gasteiger partial charge in [-0.25, -0.2) is 4.57 Å². The number of rotatable bonds is 57. The van der Waals surface area contributed by atoms with E-state index in [0.29, 0.717) is 17.4 Å². The zero-order valence-electron chi connectivity index (χ0n) is 48.0. The van der Waals surface area contributed by atoms with Crippen LogP contribution in [0.25, 0.3) is 0 Å². The fraction of sp³-hybridized carbons (Fsp3) is 0.887. The van der Waals surface area contributed by atoms with Crippen molar-refractivity contribution >= 4 is 13.7 Å². The molecular formula is C62H122N2O6P+. The molecule has 0 aliphatic heterocycles. The highest BCUT2D eigenvalue weighted by Gasteiger charge is 2.27. The number of phosphoric ester groups is 1. The van der Waals surface area contributed by atoms with Crippen LogP contribution in [0.4, 0.5) is 0 Å². The first-order valence-electron chi connectivity index (χ1n) is 30.9. The SMILES string of the molecule is CCCCCCCCC/C=C/CC/C=C/CC/C=C/C(O)C(COP(=O)(O)OCC[N+](C)(C)C)NC(=O)CCCCCCCCCCCCCCCCCCCCCCCCCCCCCCCCCC. The van der Waals surface area contributed by atoms with Crippen LogP contribution in [0.5, 0.6) is 0 Å². The lowest BCUT2D eigenvalue weighted by molar-refractivity contribution is -0.870. The quantitative estimate of drug-likeness (QED) is 0.0243. The standard InChI is InChI=1S/C62H121N2O6P/c1-6-8-10-12-14-16-18-20-22-24-25-26-27-28-29-30-31-32-33-34-35-36-37-38-40-42-44-46-48-50-52-54-56-62(66)63-60(59-70-71(67,68)69-58-57-64(3,4)5)61(65)55-53-51-49-47-45-43-41-39-23-21-19-17-15-13-11-9-7-2/h23,39,45,47,53,55,60-61,65H,6-22,24-38,40-44,46,48-52,54,56-59H2,1-5H3,(H-,63,66,67,68)/p+1/b39-23+,47-45+,55-53+. The third kappa shape index (κ3) is 56.3. The summed E-state index contributed by atoms with van der Waals surface area (Å²) in [5.41, 5.74) is 0. The van der Waals surface area contributed by atoms with E-state index in [9.17, 15) is 19.4 Å². The number of allylic oxidation sites excluding steroid dienone is 5. The Bertz CT molecular complexity index is 1250. The van der Waals surface area contributed by atoms with Gasteiger partial charge in [0, 0.05) is 6.42 Å². The maximum Gasteiger partial charge on any atom is 0.472 e. The van der Waals surface area contributed by atoms with Gasteiger partial charge in [-0.05, 0) is 44.9 Å². The molecule has 0 radical (unpaired) electrons. The number of hydrogen-bond acceptors (Lipinski definition) is 5. The summed E-state index contributed by atoms with van der Waals surface area (Å²) < 4.78 is 23.7. The smallest absolute Gasteiger partial charge is 0.387 e. The van der Waals surface area contributed by atoms with Crippen LogP contribution < -0.4 is 5.32 Å². The highest BCUT2D eigenvalue weighted by molar-refractivity contribution is 7.47. The second kappa shape index (κ2) is 53.5. The van der Waals surface area contributed by atoms with Crippen LogP contribution >= 0.6 is 7.82 Å². The summed E-state index contributed by atoms with van der Waals surface area (Å²) in [5.74, 6) is -0.185. The normalized spacial score (nSPS) is 14.1. The minimum absolute atomic E-state index is 0.0551. The van der Waals surface area contributed by atoms with Crippen molar-refractivity contribution in [1.29, 1.82) is 0 Å². The first-order valence-corrected chi connectivity index (χ1v) is 32.4. The molecule has 0 bridgehead atoms. The fourth-order valence-electron chi connectivity index (χ4n) is 9.25. The minimum atomic E-state index is -4.36. The van der Waals surface area contributed by atoms with Gasteiger partial charge in [-0.15, -0.1) is 0 Å². The zero-order chi connectivity index (χ0) is 52.0. The van der Waals surface area contributed by atoms with Gasteiger partial charge in [-0.3, -0.25) is 13.8 Å². The van der Waals surface area contributed by atoms with Crippen molar-refractivity contribution in [3.63, 3.8) is 0 Å². The largest absolute Gasteiger partial charge is 0.472 e. The Kier molecular flexibility index (Phi) is 52.6. The Labute approximate surface area is 442 Å². The number of unbranched alkanes of at least 4 members (excludes halogenated alkanes) is 40. The molecule has 0 aliphatic rings. The summed E-state index contributed by atoms with van der Waals surface area (Å²) in [4.78, 5) is 23.3. The number of carbonyl (C=O) groups excluding carboxylic acids is 1. The summed E-state index contributed by atoms with van der Waals surface area (Å²) in [6, 6.07) is -0.868. The van der Waals surface area contributed by atoms with Gasteiger partial charge in [0.15, 0.2) is 0 Å². The molecule has 0 saturated heterocycles.